The molecule has 6 heteroatoms. The van der Waals surface area contributed by atoms with Gasteiger partial charge in [-0.05, 0) is 46.8 Å². The zero-order chi connectivity index (χ0) is 14.1. The molecule has 1 aromatic rings. The lowest BCUT2D eigenvalue weighted by Gasteiger charge is -2.41. The van der Waals surface area contributed by atoms with Crippen molar-refractivity contribution in [3.63, 3.8) is 0 Å². The lowest BCUT2D eigenvalue weighted by molar-refractivity contribution is -0.125. The molecule has 3 rings (SSSR count). The highest BCUT2D eigenvalue weighted by Crippen LogP contribution is 2.27. The molecular formula is C14H16BrN3O2. The van der Waals surface area contributed by atoms with E-state index in [0.29, 0.717) is 31.1 Å². The quantitative estimate of drug-likeness (QED) is 0.846. The maximum atomic E-state index is 12.5. The van der Waals surface area contributed by atoms with Gasteiger partial charge in [0.25, 0.3) is 5.91 Å². The van der Waals surface area contributed by atoms with E-state index >= 15 is 0 Å². The fraction of sp³-hybridized carbons (Fsp3) is 0.500. The Balaban J connectivity index is 1.72. The number of nitrogens with one attached hydrogen (secondary N) is 1. The summed E-state index contributed by atoms with van der Waals surface area (Å²) in [6.45, 7) is 1.37. The van der Waals surface area contributed by atoms with E-state index in [-0.39, 0.29) is 17.9 Å². The summed E-state index contributed by atoms with van der Waals surface area (Å²) in [4.78, 5) is 29.9. The van der Waals surface area contributed by atoms with Crippen LogP contribution in [0.5, 0.6) is 0 Å². The maximum absolute atomic E-state index is 12.5. The van der Waals surface area contributed by atoms with Gasteiger partial charge in [-0.15, -0.1) is 0 Å². The smallest absolute Gasteiger partial charge is 0.273 e. The molecule has 2 aliphatic rings. The lowest BCUT2D eigenvalue weighted by atomic mass is 9.85. The Morgan fingerprint density at radius 2 is 2.30 bits per heavy atom. The van der Waals surface area contributed by atoms with Gasteiger partial charge >= 0.3 is 0 Å². The van der Waals surface area contributed by atoms with Gasteiger partial charge in [0.2, 0.25) is 5.91 Å². The van der Waals surface area contributed by atoms with Crippen molar-refractivity contribution < 1.29 is 9.59 Å². The van der Waals surface area contributed by atoms with Crippen LogP contribution in [-0.2, 0) is 4.79 Å². The van der Waals surface area contributed by atoms with Gasteiger partial charge < -0.3 is 10.2 Å². The molecule has 2 amide bonds. The number of hydrogen-bond donors (Lipinski definition) is 1. The average molecular weight is 338 g/mol. The van der Waals surface area contributed by atoms with Crippen molar-refractivity contribution in [2.75, 3.05) is 13.1 Å². The molecule has 5 nitrogen and oxygen atoms in total. The third kappa shape index (κ3) is 2.57. The van der Waals surface area contributed by atoms with Gasteiger partial charge in [0.05, 0.1) is 0 Å². The Kier molecular flexibility index (Phi) is 3.74. The van der Waals surface area contributed by atoms with Gasteiger partial charge in [-0.3, -0.25) is 9.59 Å². The van der Waals surface area contributed by atoms with Crippen molar-refractivity contribution in [1.82, 2.24) is 15.2 Å². The number of carbonyl (C=O) groups excluding carboxylic acids is 2. The molecule has 0 aliphatic carbocycles. The van der Waals surface area contributed by atoms with Crippen molar-refractivity contribution >= 4 is 27.7 Å². The van der Waals surface area contributed by atoms with Crippen LogP contribution in [0.2, 0.25) is 0 Å². The first-order chi connectivity index (χ1) is 9.65. The number of fused-ring (bicyclic) bond motifs is 1. The molecule has 0 spiro atoms. The molecular weight excluding hydrogens is 322 g/mol. The Morgan fingerprint density at radius 3 is 3.10 bits per heavy atom. The van der Waals surface area contributed by atoms with E-state index in [1.54, 1.807) is 12.3 Å². The second kappa shape index (κ2) is 5.52. The van der Waals surface area contributed by atoms with Crippen LogP contribution in [0.3, 0.4) is 0 Å². The highest BCUT2D eigenvalue weighted by Gasteiger charge is 2.36. The Hall–Kier alpha value is -1.43. The normalized spacial score (nSPS) is 25.9. The van der Waals surface area contributed by atoms with Crippen LogP contribution in [0.4, 0.5) is 0 Å². The zero-order valence-electron chi connectivity index (χ0n) is 11.0. The Bertz CT molecular complexity index is 549. The molecule has 2 atom stereocenters. The van der Waals surface area contributed by atoms with E-state index in [9.17, 15) is 9.59 Å². The fourth-order valence-electron chi connectivity index (χ4n) is 2.99. The molecule has 3 heterocycles. The first-order valence-electron chi connectivity index (χ1n) is 6.84. The zero-order valence-corrected chi connectivity index (χ0v) is 12.6. The number of carbonyl (C=O) groups is 2. The van der Waals surface area contributed by atoms with E-state index in [0.717, 1.165) is 17.3 Å². The van der Waals surface area contributed by atoms with Gasteiger partial charge in [0.1, 0.15) is 5.69 Å². The van der Waals surface area contributed by atoms with E-state index in [1.165, 1.54) is 0 Å². The molecule has 2 aliphatic heterocycles. The predicted octanol–water partition coefficient (Wildman–Crippen LogP) is 1.58. The Morgan fingerprint density at radius 1 is 1.45 bits per heavy atom. The highest BCUT2D eigenvalue weighted by atomic mass is 79.9. The van der Waals surface area contributed by atoms with Crippen molar-refractivity contribution in [1.29, 1.82) is 0 Å². The van der Waals surface area contributed by atoms with Crippen LogP contribution in [-0.4, -0.2) is 40.8 Å². The molecule has 1 N–H and O–H groups in total. The summed E-state index contributed by atoms with van der Waals surface area (Å²) in [5.74, 6) is 0.471. The van der Waals surface area contributed by atoms with Crippen LogP contribution in [0.1, 0.15) is 29.8 Å². The molecule has 2 saturated heterocycles. The summed E-state index contributed by atoms with van der Waals surface area (Å²) in [5.41, 5.74) is 0.464. The number of pyridine rings is 1. The van der Waals surface area contributed by atoms with Gasteiger partial charge in [-0.2, -0.15) is 0 Å². The van der Waals surface area contributed by atoms with Crippen LogP contribution < -0.4 is 5.32 Å². The molecule has 0 radical (unpaired) electrons. The van der Waals surface area contributed by atoms with E-state index < -0.39 is 0 Å². The number of rotatable bonds is 1. The summed E-state index contributed by atoms with van der Waals surface area (Å²) < 4.78 is 0.726. The van der Waals surface area contributed by atoms with Crippen LogP contribution in [0.25, 0.3) is 0 Å². The Labute approximate surface area is 125 Å². The first-order valence-corrected chi connectivity index (χ1v) is 7.63. The number of hydrogen-bond acceptors (Lipinski definition) is 3. The fourth-order valence-corrected chi connectivity index (χ4v) is 3.41. The SMILES string of the molecule is O=C1CCC2CN(C(=O)c3ncccc3Br)CCC2N1. The number of aromatic nitrogens is 1. The minimum absolute atomic E-state index is 0.0344. The summed E-state index contributed by atoms with van der Waals surface area (Å²) in [5, 5.41) is 3.03. The van der Waals surface area contributed by atoms with Crippen molar-refractivity contribution in [2.45, 2.75) is 25.3 Å². The number of amides is 2. The number of halogens is 1. The van der Waals surface area contributed by atoms with Gasteiger partial charge in [-0.25, -0.2) is 4.98 Å². The molecule has 106 valence electrons. The van der Waals surface area contributed by atoms with Gasteiger partial charge in [0, 0.05) is 36.2 Å². The average Bonchev–Trinajstić information content (AvgIpc) is 2.46. The lowest BCUT2D eigenvalue weighted by Crippen LogP contribution is -2.55. The van der Waals surface area contributed by atoms with E-state index in [1.807, 2.05) is 11.0 Å². The maximum Gasteiger partial charge on any atom is 0.273 e. The molecule has 0 saturated carbocycles. The molecule has 2 fully saturated rings. The summed E-state index contributed by atoms with van der Waals surface area (Å²) >= 11 is 3.37. The van der Waals surface area contributed by atoms with Crippen LogP contribution in [0.15, 0.2) is 22.8 Å². The van der Waals surface area contributed by atoms with E-state index in [2.05, 4.69) is 26.2 Å². The number of nitrogens with zero attached hydrogens (tertiary/aromatic N) is 2. The summed E-state index contributed by atoms with van der Waals surface area (Å²) in [6, 6.07) is 3.85. The van der Waals surface area contributed by atoms with Gasteiger partial charge in [-0.1, -0.05) is 0 Å². The third-order valence-corrected chi connectivity index (χ3v) is 4.71. The highest BCUT2D eigenvalue weighted by molar-refractivity contribution is 9.10. The van der Waals surface area contributed by atoms with Crippen molar-refractivity contribution in [3.8, 4) is 0 Å². The van der Waals surface area contributed by atoms with Crippen LogP contribution >= 0.6 is 15.9 Å². The topological polar surface area (TPSA) is 62.3 Å². The first kappa shape index (κ1) is 13.5. The summed E-state index contributed by atoms with van der Waals surface area (Å²) in [7, 11) is 0. The monoisotopic (exact) mass is 337 g/mol. The summed E-state index contributed by atoms with van der Waals surface area (Å²) in [6.07, 6.45) is 3.89. The van der Waals surface area contributed by atoms with Crippen molar-refractivity contribution in [3.05, 3.63) is 28.5 Å². The molecule has 1 aromatic heterocycles. The standard InChI is InChI=1S/C14H16BrN3O2/c15-10-2-1-6-16-13(10)14(20)18-7-5-11-9(8-18)3-4-12(19)17-11/h1-2,6,9,11H,3-5,7-8H2,(H,17,19). The second-order valence-corrected chi connectivity index (χ2v) is 6.20. The van der Waals surface area contributed by atoms with Crippen LogP contribution in [0, 0.1) is 5.92 Å². The minimum Gasteiger partial charge on any atom is -0.353 e. The van der Waals surface area contributed by atoms with Gasteiger partial charge in [0.15, 0.2) is 0 Å². The second-order valence-electron chi connectivity index (χ2n) is 5.35. The predicted molar refractivity (Wildman–Crippen MR) is 77.1 cm³/mol. The molecule has 2 unspecified atom stereocenters. The van der Waals surface area contributed by atoms with E-state index in [4.69, 9.17) is 0 Å². The number of piperidine rings is 2. The molecule has 0 bridgehead atoms. The van der Waals surface area contributed by atoms with Crippen molar-refractivity contribution in [2.24, 2.45) is 5.92 Å². The molecule has 20 heavy (non-hydrogen) atoms. The largest absolute Gasteiger partial charge is 0.353 e. The molecule has 0 aromatic carbocycles. The minimum atomic E-state index is -0.0344. The third-order valence-electron chi connectivity index (χ3n) is 4.07. The number of likely N-dealkylation sites (tertiary alicyclic amines) is 1.